The number of rotatable bonds is 9. The van der Waals surface area contributed by atoms with Crippen LogP contribution in [-0.2, 0) is 13.1 Å². The van der Waals surface area contributed by atoms with Crippen molar-refractivity contribution < 1.29 is 9.72 Å². The zero-order chi connectivity index (χ0) is 18.9. The van der Waals surface area contributed by atoms with E-state index in [-0.39, 0.29) is 16.6 Å². The van der Waals surface area contributed by atoms with E-state index < -0.39 is 4.92 Å². The highest BCUT2D eigenvalue weighted by Crippen LogP contribution is 2.24. The molecule has 0 aliphatic heterocycles. The number of unbranched alkanes of at least 4 members (excludes halogenated alkanes) is 1. The van der Waals surface area contributed by atoms with Crippen molar-refractivity contribution in [2.75, 3.05) is 6.54 Å². The van der Waals surface area contributed by atoms with Gasteiger partial charge in [0.2, 0.25) is 0 Å². The van der Waals surface area contributed by atoms with Gasteiger partial charge in [0.05, 0.1) is 4.92 Å². The van der Waals surface area contributed by atoms with Crippen molar-refractivity contribution in [3.8, 4) is 0 Å². The molecule has 7 heteroatoms. The van der Waals surface area contributed by atoms with Gasteiger partial charge in [-0.25, -0.2) is 0 Å². The van der Waals surface area contributed by atoms with Gasteiger partial charge in [-0.2, -0.15) is 0 Å². The number of benzene rings is 2. The molecule has 0 heterocycles. The number of hydrogen-bond donors (Lipinski definition) is 2. The average molecular weight is 376 g/mol. The van der Waals surface area contributed by atoms with Gasteiger partial charge in [0, 0.05) is 31.3 Å². The summed E-state index contributed by atoms with van der Waals surface area (Å²) in [5.41, 5.74) is 2.36. The van der Waals surface area contributed by atoms with Gasteiger partial charge in [0.15, 0.2) is 0 Å². The summed E-state index contributed by atoms with van der Waals surface area (Å²) in [7, 11) is 0. The Labute approximate surface area is 157 Å². The van der Waals surface area contributed by atoms with Crippen LogP contribution >= 0.6 is 11.6 Å². The molecule has 0 bridgehead atoms. The standard InChI is InChI=1S/C19H22ClN3O3/c1-2-3-10-22-19(24)16-7-4-14(5-8-16)12-21-13-15-6-9-17(20)18(11-15)23(25)26/h4-9,11,21H,2-3,10,12-13H2,1H3,(H,22,24). The molecule has 6 nitrogen and oxygen atoms in total. The summed E-state index contributed by atoms with van der Waals surface area (Å²) >= 11 is 5.81. The Hall–Kier alpha value is -2.44. The number of nitro benzene ring substituents is 1. The molecule has 2 rings (SSSR count). The van der Waals surface area contributed by atoms with Crippen LogP contribution in [0.4, 0.5) is 5.69 Å². The van der Waals surface area contributed by atoms with Crippen LogP contribution in [0.2, 0.25) is 5.02 Å². The number of nitrogens with zero attached hydrogens (tertiary/aromatic N) is 1. The van der Waals surface area contributed by atoms with E-state index in [0.29, 0.717) is 25.2 Å². The highest BCUT2D eigenvalue weighted by molar-refractivity contribution is 6.32. The van der Waals surface area contributed by atoms with Crippen LogP contribution in [0, 0.1) is 10.1 Å². The lowest BCUT2D eigenvalue weighted by Gasteiger charge is -2.08. The van der Waals surface area contributed by atoms with E-state index in [0.717, 1.165) is 24.0 Å². The maximum Gasteiger partial charge on any atom is 0.288 e. The maximum atomic E-state index is 12.0. The van der Waals surface area contributed by atoms with Gasteiger partial charge >= 0.3 is 0 Å². The first-order valence-corrected chi connectivity index (χ1v) is 8.89. The Morgan fingerprint density at radius 3 is 2.42 bits per heavy atom. The van der Waals surface area contributed by atoms with Crippen LogP contribution in [0.1, 0.15) is 41.3 Å². The van der Waals surface area contributed by atoms with Gasteiger partial charge in [-0.1, -0.05) is 43.1 Å². The molecular weight excluding hydrogens is 354 g/mol. The lowest BCUT2D eigenvalue weighted by atomic mass is 10.1. The molecule has 26 heavy (non-hydrogen) atoms. The number of carbonyl (C=O) groups excluding carboxylic acids is 1. The van der Waals surface area contributed by atoms with Crippen LogP contribution in [0.15, 0.2) is 42.5 Å². The van der Waals surface area contributed by atoms with Crippen LogP contribution in [0.25, 0.3) is 0 Å². The zero-order valence-electron chi connectivity index (χ0n) is 14.6. The monoisotopic (exact) mass is 375 g/mol. The lowest BCUT2D eigenvalue weighted by molar-refractivity contribution is -0.384. The molecule has 0 aromatic heterocycles. The van der Waals surface area contributed by atoms with E-state index in [2.05, 4.69) is 17.6 Å². The number of nitrogens with one attached hydrogen (secondary N) is 2. The van der Waals surface area contributed by atoms with Crippen molar-refractivity contribution in [3.63, 3.8) is 0 Å². The van der Waals surface area contributed by atoms with Gasteiger partial charge in [-0.15, -0.1) is 0 Å². The van der Waals surface area contributed by atoms with Gasteiger partial charge < -0.3 is 10.6 Å². The van der Waals surface area contributed by atoms with Gasteiger partial charge in [0.1, 0.15) is 5.02 Å². The number of hydrogen-bond acceptors (Lipinski definition) is 4. The molecule has 138 valence electrons. The summed E-state index contributed by atoms with van der Waals surface area (Å²) in [6.45, 7) is 3.84. The molecule has 0 fully saturated rings. The summed E-state index contributed by atoms with van der Waals surface area (Å²) in [6.07, 6.45) is 2.01. The van der Waals surface area contributed by atoms with E-state index in [1.807, 2.05) is 12.1 Å². The highest BCUT2D eigenvalue weighted by Gasteiger charge is 2.12. The lowest BCUT2D eigenvalue weighted by Crippen LogP contribution is -2.24. The topological polar surface area (TPSA) is 84.3 Å². The normalized spacial score (nSPS) is 10.5. The summed E-state index contributed by atoms with van der Waals surface area (Å²) in [6, 6.07) is 12.1. The first-order chi connectivity index (χ1) is 12.5. The molecule has 0 spiro atoms. The SMILES string of the molecule is CCCCNC(=O)c1ccc(CNCc2ccc(Cl)c([N+](=O)[O-])c2)cc1. The van der Waals surface area contributed by atoms with E-state index >= 15 is 0 Å². The average Bonchev–Trinajstić information content (AvgIpc) is 2.63. The number of carbonyl (C=O) groups is 1. The predicted molar refractivity (Wildman–Crippen MR) is 102 cm³/mol. The van der Waals surface area contributed by atoms with Crippen molar-refractivity contribution in [1.82, 2.24) is 10.6 Å². The van der Waals surface area contributed by atoms with Crippen molar-refractivity contribution in [2.45, 2.75) is 32.9 Å². The molecule has 0 unspecified atom stereocenters. The molecule has 0 saturated carbocycles. The molecule has 0 aliphatic rings. The van der Waals surface area contributed by atoms with E-state index in [4.69, 9.17) is 11.6 Å². The van der Waals surface area contributed by atoms with Gasteiger partial charge in [-0.05, 0) is 35.7 Å². The Bertz CT molecular complexity index is 763. The fraction of sp³-hybridized carbons (Fsp3) is 0.316. The minimum Gasteiger partial charge on any atom is -0.352 e. The van der Waals surface area contributed by atoms with E-state index in [9.17, 15) is 14.9 Å². The largest absolute Gasteiger partial charge is 0.352 e. The summed E-state index contributed by atoms with van der Waals surface area (Å²) in [5.74, 6) is -0.0635. The van der Waals surface area contributed by atoms with Crippen molar-refractivity contribution in [2.24, 2.45) is 0 Å². The highest BCUT2D eigenvalue weighted by atomic mass is 35.5. The Morgan fingerprint density at radius 2 is 1.77 bits per heavy atom. The minimum atomic E-state index is -0.490. The van der Waals surface area contributed by atoms with E-state index in [1.165, 1.54) is 12.1 Å². The first kappa shape index (κ1) is 19.9. The number of nitro groups is 1. The van der Waals surface area contributed by atoms with Crippen LogP contribution in [-0.4, -0.2) is 17.4 Å². The molecule has 1 amide bonds. The van der Waals surface area contributed by atoms with Crippen LogP contribution in [0.3, 0.4) is 0 Å². The third-order valence-corrected chi connectivity index (χ3v) is 4.22. The molecule has 2 aromatic carbocycles. The fourth-order valence-electron chi connectivity index (χ4n) is 2.41. The maximum absolute atomic E-state index is 12.0. The molecule has 0 aliphatic carbocycles. The summed E-state index contributed by atoms with van der Waals surface area (Å²) in [5, 5.41) is 17.1. The molecule has 0 saturated heterocycles. The molecular formula is C19H22ClN3O3. The number of halogens is 1. The minimum absolute atomic E-state index is 0.0635. The Kier molecular flexibility index (Phi) is 7.56. The zero-order valence-corrected chi connectivity index (χ0v) is 15.4. The second-order valence-electron chi connectivity index (χ2n) is 5.95. The first-order valence-electron chi connectivity index (χ1n) is 8.52. The second kappa shape index (κ2) is 9.89. The summed E-state index contributed by atoms with van der Waals surface area (Å²) in [4.78, 5) is 22.4. The number of amides is 1. The van der Waals surface area contributed by atoms with Gasteiger partial charge in [-0.3, -0.25) is 14.9 Å². The Morgan fingerprint density at radius 1 is 1.12 bits per heavy atom. The van der Waals surface area contributed by atoms with Gasteiger partial charge in [0.25, 0.3) is 11.6 Å². The quantitative estimate of drug-likeness (QED) is 0.393. The van der Waals surface area contributed by atoms with Crippen molar-refractivity contribution in [1.29, 1.82) is 0 Å². The van der Waals surface area contributed by atoms with E-state index in [1.54, 1.807) is 18.2 Å². The third kappa shape index (κ3) is 5.82. The predicted octanol–water partition coefficient (Wildman–Crippen LogP) is 4.07. The fourth-order valence-corrected chi connectivity index (χ4v) is 2.60. The molecule has 0 atom stereocenters. The third-order valence-electron chi connectivity index (χ3n) is 3.90. The molecule has 2 N–H and O–H groups in total. The Balaban J connectivity index is 1.85. The molecule has 2 aromatic rings. The molecule has 0 radical (unpaired) electrons. The van der Waals surface area contributed by atoms with Crippen LogP contribution < -0.4 is 10.6 Å². The van der Waals surface area contributed by atoms with Crippen molar-refractivity contribution >= 4 is 23.2 Å². The van der Waals surface area contributed by atoms with Crippen molar-refractivity contribution in [3.05, 3.63) is 74.3 Å². The summed E-state index contributed by atoms with van der Waals surface area (Å²) < 4.78 is 0. The second-order valence-corrected chi connectivity index (χ2v) is 6.36. The smallest absolute Gasteiger partial charge is 0.288 e. The van der Waals surface area contributed by atoms with Crippen LogP contribution in [0.5, 0.6) is 0 Å².